The number of rotatable bonds is 4. The van der Waals surface area contributed by atoms with Gasteiger partial charge in [-0.2, -0.15) is 0 Å². The van der Waals surface area contributed by atoms with Crippen molar-refractivity contribution in [3.05, 3.63) is 59.4 Å². The van der Waals surface area contributed by atoms with Crippen LogP contribution in [0.4, 0.5) is 9.18 Å². The van der Waals surface area contributed by atoms with Gasteiger partial charge in [0, 0.05) is 18.0 Å². The van der Waals surface area contributed by atoms with E-state index in [-0.39, 0.29) is 11.8 Å². The second-order valence-electron chi connectivity index (χ2n) is 8.39. The minimum Gasteiger partial charge on any atom is -0.486 e. The maximum absolute atomic E-state index is 13.8. The van der Waals surface area contributed by atoms with Gasteiger partial charge in [-0.3, -0.25) is 0 Å². The summed E-state index contributed by atoms with van der Waals surface area (Å²) in [5.74, 6) is 0.233. The van der Waals surface area contributed by atoms with Crippen LogP contribution in [0.1, 0.15) is 50.7 Å². The van der Waals surface area contributed by atoms with Gasteiger partial charge in [0.05, 0.1) is 0 Å². The number of nitrogens with zero attached hydrogens (tertiary/aromatic N) is 1. The van der Waals surface area contributed by atoms with Crippen LogP contribution in [-0.4, -0.2) is 29.7 Å². The Labute approximate surface area is 177 Å². The van der Waals surface area contributed by atoms with Crippen LogP contribution in [0.2, 0.25) is 0 Å². The normalized spacial score (nSPS) is 15.3. The Morgan fingerprint density at radius 1 is 1.14 bits per heavy atom. The summed E-state index contributed by atoms with van der Waals surface area (Å²) < 4.78 is 24.9. The largest absolute Gasteiger partial charge is 0.486 e. The maximum atomic E-state index is 13.8. The summed E-state index contributed by atoms with van der Waals surface area (Å²) in [7, 11) is 0. The van der Waals surface area contributed by atoms with Crippen LogP contribution in [0.3, 0.4) is 0 Å². The number of likely N-dealkylation sites (tertiary alicyclic amines) is 1. The molecule has 2 aromatic carbocycles. The smallest absolute Gasteiger partial charge is 0.410 e. The van der Waals surface area contributed by atoms with Gasteiger partial charge in [0.2, 0.25) is 0 Å². The molecule has 1 aliphatic heterocycles. The van der Waals surface area contributed by atoms with E-state index in [9.17, 15) is 9.18 Å². The molecule has 0 N–H and O–H groups in total. The highest BCUT2D eigenvalue weighted by atomic mass is 32.1. The van der Waals surface area contributed by atoms with E-state index in [1.54, 1.807) is 17.0 Å². The fourth-order valence-electron chi connectivity index (χ4n) is 3.38. The van der Waals surface area contributed by atoms with Gasteiger partial charge in [-0.05, 0) is 68.9 Å². The quantitative estimate of drug-likeness (QED) is 0.638. The zero-order valence-corrected chi connectivity index (χ0v) is 18.0. The molecular formula is C23H28FNO3S. The van der Waals surface area contributed by atoms with Gasteiger partial charge in [-0.1, -0.05) is 24.3 Å². The summed E-state index contributed by atoms with van der Waals surface area (Å²) >= 11 is 4.11. The molecule has 0 radical (unpaired) electrons. The maximum Gasteiger partial charge on any atom is 0.410 e. The molecule has 0 aromatic heterocycles. The number of carbonyl (C=O) groups excluding carboxylic acids is 1. The van der Waals surface area contributed by atoms with Crippen molar-refractivity contribution in [3.8, 4) is 5.75 Å². The number of hydrogen-bond acceptors (Lipinski definition) is 4. The Morgan fingerprint density at radius 3 is 2.38 bits per heavy atom. The van der Waals surface area contributed by atoms with Crippen LogP contribution in [0.5, 0.6) is 5.75 Å². The van der Waals surface area contributed by atoms with Crippen molar-refractivity contribution < 1.29 is 18.7 Å². The number of carbonyl (C=O) groups is 1. The van der Waals surface area contributed by atoms with Crippen LogP contribution in [-0.2, 0) is 11.3 Å². The van der Waals surface area contributed by atoms with Gasteiger partial charge >= 0.3 is 6.09 Å². The van der Waals surface area contributed by atoms with Crippen LogP contribution in [0, 0.1) is 5.82 Å². The van der Waals surface area contributed by atoms with E-state index < -0.39 is 11.4 Å². The molecule has 2 aromatic rings. The monoisotopic (exact) mass is 417 g/mol. The fourth-order valence-corrected chi connectivity index (χ4v) is 3.56. The zero-order chi connectivity index (χ0) is 21.0. The van der Waals surface area contributed by atoms with Crippen LogP contribution >= 0.6 is 12.6 Å². The van der Waals surface area contributed by atoms with Crippen molar-refractivity contribution in [3.63, 3.8) is 0 Å². The summed E-state index contributed by atoms with van der Waals surface area (Å²) in [6.07, 6.45) is 1.59. The predicted molar refractivity (Wildman–Crippen MR) is 114 cm³/mol. The standard InChI is InChI=1S/C23H28FNO3S/c1-23(2,3)28-22(26)25-12-10-18(11-13-25)17-6-4-16(5-7-17)15-27-21-9-8-19(29)14-20(21)24/h4-9,14,18,29H,10-13,15H2,1-3H3. The van der Waals surface area contributed by atoms with Crippen molar-refractivity contribution in [2.75, 3.05) is 13.1 Å². The third-order valence-electron chi connectivity index (χ3n) is 4.91. The van der Waals surface area contributed by atoms with E-state index in [2.05, 4.69) is 24.8 Å². The van der Waals surface area contributed by atoms with Crippen molar-refractivity contribution in [2.24, 2.45) is 0 Å². The first-order chi connectivity index (χ1) is 13.7. The van der Waals surface area contributed by atoms with Gasteiger partial charge in [-0.25, -0.2) is 9.18 Å². The van der Waals surface area contributed by atoms with Gasteiger partial charge < -0.3 is 14.4 Å². The van der Waals surface area contributed by atoms with Gasteiger partial charge in [0.25, 0.3) is 0 Å². The highest BCUT2D eigenvalue weighted by Crippen LogP contribution is 2.29. The lowest BCUT2D eigenvalue weighted by Gasteiger charge is -2.33. The molecule has 0 bridgehead atoms. The van der Waals surface area contributed by atoms with Crippen LogP contribution < -0.4 is 4.74 Å². The molecule has 6 heteroatoms. The molecule has 0 unspecified atom stereocenters. The lowest BCUT2D eigenvalue weighted by Crippen LogP contribution is -2.41. The summed E-state index contributed by atoms with van der Waals surface area (Å²) in [4.78, 5) is 14.5. The Balaban J connectivity index is 1.51. The molecule has 29 heavy (non-hydrogen) atoms. The molecule has 0 spiro atoms. The Morgan fingerprint density at radius 2 is 1.79 bits per heavy atom. The predicted octanol–water partition coefficient (Wildman–Crippen LogP) is 5.81. The van der Waals surface area contributed by atoms with Crippen molar-refractivity contribution in [1.82, 2.24) is 4.90 Å². The van der Waals surface area contributed by atoms with Gasteiger partial charge in [0.15, 0.2) is 11.6 Å². The van der Waals surface area contributed by atoms with E-state index in [0.29, 0.717) is 30.5 Å². The molecule has 1 aliphatic rings. The lowest BCUT2D eigenvalue weighted by atomic mass is 9.89. The van der Waals surface area contributed by atoms with Crippen LogP contribution in [0.15, 0.2) is 47.4 Å². The highest BCUT2D eigenvalue weighted by molar-refractivity contribution is 7.80. The average Bonchev–Trinajstić information content (AvgIpc) is 2.66. The first-order valence-corrected chi connectivity index (χ1v) is 10.3. The number of thiol groups is 1. The third kappa shape index (κ3) is 6.13. The van der Waals surface area contributed by atoms with Crippen molar-refractivity contribution in [2.45, 2.75) is 56.6 Å². The molecule has 4 nitrogen and oxygen atoms in total. The summed E-state index contributed by atoms with van der Waals surface area (Å²) in [5, 5.41) is 0. The number of ether oxygens (including phenoxy) is 2. The molecule has 156 valence electrons. The molecule has 1 amide bonds. The fraction of sp³-hybridized carbons (Fsp3) is 0.435. The van der Waals surface area contributed by atoms with Crippen molar-refractivity contribution >= 4 is 18.7 Å². The van der Waals surface area contributed by atoms with Crippen LogP contribution in [0.25, 0.3) is 0 Å². The topological polar surface area (TPSA) is 38.8 Å². The average molecular weight is 418 g/mol. The first kappa shape index (κ1) is 21.5. The van der Waals surface area contributed by atoms with E-state index in [4.69, 9.17) is 9.47 Å². The zero-order valence-electron chi connectivity index (χ0n) is 17.2. The van der Waals surface area contributed by atoms with E-state index in [1.165, 1.54) is 11.6 Å². The minimum absolute atomic E-state index is 0.224. The Bertz CT molecular complexity index is 840. The number of hydrogen-bond donors (Lipinski definition) is 1. The number of piperidine rings is 1. The second-order valence-corrected chi connectivity index (χ2v) is 8.90. The van der Waals surface area contributed by atoms with Gasteiger partial charge in [0.1, 0.15) is 12.2 Å². The number of amides is 1. The SMILES string of the molecule is CC(C)(C)OC(=O)N1CCC(c2ccc(COc3ccc(S)cc3F)cc2)CC1. The number of benzene rings is 2. The lowest BCUT2D eigenvalue weighted by molar-refractivity contribution is 0.0205. The molecule has 0 atom stereocenters. The Hall–Kier alpha value is -2.21. The minimum atomic E-state index is -0.469. The summed E-state index contributed by atoms with van der Waals surface area (Å²) in [6, 6.07) is 12.9. The van der Waals surface area contributed by atoms with Crippen molar-refractivity contribution in [1.29, 1.82) is 0 Å². The molecule has 3 rings (SSSR count). The van der Waals surface area contributed by atoms with E-state index >= 15 is 0 Å². The molecule has 1 saturated heterocycles. The second kappa shape index (κ2) is 9.08. The first-order valence-electron chi connectivity index (χ1n) is 9.89. The van der Waals surface area contributed by atoms with E-state index in [1.807, 2.05) is 32.9 Å². The Kier molecular flexibility index (Phi) is 6.73. The van der Waals surface area contributed by atoms with E-state index in [0.717, 1.165) is 18.4 Å². The number of halogens is 1. The highest BCUT2D eigenvalue weighted by Gasteiger charge is 2.27. The molecule has 0 saturated carbocycles. The summed E-state index contributed by atoms with van der Waals surface area (Å²) in [5.41, 5.74) is 1.77. The summed E-state index contributed by atoms with van der Waals surface area (Å²) in [6.45, 7) is 7.35. The third-order valence-corrected chi connectivity index (χ3v) is 5.19. The molecule has 1 heterocycles. The van der Waals surface area contributed by atoms with Gasteiger partial charge in [-0.15, -0.1) is 12.6 Å². The molecule has 0 aliphatic carbocycles. The molecule has 1 fully saturated rings. The molecular weight excluding hydrogens is 389 g/mol.